The molecule has 0 saturated carbocycles. The maximum atomic E-state index is 12.6. The van der Waals surface area contributed by atoms with Crippen LogP contribution in [0.3, 0.4) is 0 Å². The number of nitrogens with one attached hydrogen (secondary N) is 1. The zero-order valence-electron chi connectivity index (χ0n) is 11.1. The highest BCUT2D eigenvalue weighted by Crippen LogP contribution is 2.32. The Kier molecular flexibility index (Phi) is 3.33. The number of carboxylic acids is 1. The van der Waals surface area contributed by atoms with Gasteiger partial charge in [0.2, 0.25) is 5.91 Å². The Morgan fingerprint density at radius 2 is 2.15 bits per heavy atom. The van der Waals surface area contributed by atoms with Crippen molar-refractivity contribution in [3.63, 3.8) is 0 Å². The molecule has 1 aromatic rings. The maximum Gasteiger partial charge on any atom is 0.327 e. The molecular formula is C14H16N2O3S. The van der Waals surface area contributed by atoms with Gasteiger partial charge in [0.25, 0.3) is 0 Å². The first-order chi connectivity index (χ1) is 9.58. The van der Waals surface area contributed by atoms with Crippen LogP contribution >= 0.6 is 11.8 Å². The van der Waals surface area contributed by atoms with Gasteiger partial charge < -0.3 is 15.3 Å². The number of aliphatic carboxylic acids is 1. The number of rotatable bonds is 2. The Morgan fingerprint density at radius 1 is 1.40 bits per heavy atom. The van der Waals surface area contributed by atoms with Gasteiger partial charge >= 0.3 is 5.97 Å². The molecule has 20 heavy (non-hydrogen) atoms. The fraction of sp³-hybridized carbons (Fsp3) is 0.429. The number of hydrogen-bond donors (Lipinski definition) is 2. The minimum atomic E-state index is -0.925. The molecule has 3 atom stereocenters. The van der Waals surface area contributed by atoms with Gasteiger partial charge in [-0.05, 0) is 18.6 Å². The molecule has 0 spiro atoms. The molecule has 2 N–H and O–H groups in total. The summed E-state index contributed by atoms with van der Waals surface area (Å²) < 4.78 is 0. The molecule has 1 saturated heterocycles. The number of carbonyl (C=O) groups is 2. The predicted molar refractivity (Wildman–Crippen MR) is 77.7 cm³/mol. The minimum Gasteiger partial charge on any atom is -0.480 e. The molecule has 1 aromatic carbocycles. The number of para-hydroxylation sites is 1. The summed E-state index contributed by atoms with van der Waals surface area (Å²) in [6.07, 6.45) is 0.620. The predicted octanol–water partition coefficient (Wildman–Crippen LogP) is 1.40. The first-order valence-corrected chi connectivity index (χ1v) is 7.64. The molecule has 0 bridgehead atoms. The normalized spacial score (nSPS) is 28.1. The van der Waals surface area contributed by atoms with E-state index in [4.69, 9.17) is 0 Å². The summed E-state index contributed by atoms with van der Waals surface area (Å²) in [4.78, 5) is 25.4. The number of thioether (sulfide) groups is 1. The van der Waals surface area contributed by atoms with Gasteiger partial charge in [-0.3, -0.25) is 4.79 Å². The van der Waals surface area contributed by atoms with E-state index in [1.54, 1.807) is 0 Å². The van der Waals surface area contributed by atoms with Crippen LogP contribution in [0.25, 0.3) is 0 Å². The van der Waals surface area contributed by atoms with Crippen LogP contribution in [-0.4, -0.2) is 45.1 Å². The molecule has 0 radical (unpaired) electrons. The number of benzene rings is 1. The topological polar surface area (TPSA) is 69.6 Å². The van der Waals surface area contributed by atoms with Gasteiger partial charge in [-0.2, -0.15) is 0 Å². The van der Waals surface area contributed by atoms with Gasteiger partial charge in [0, 0.05) is 17.9 Å². The second-order valence-corrected chi connectivity index (χ2v) is 6.44. The van der Waals surface area contributed by atoms with Crippen LogP contribution in [0.2, 0.25) is 0 Å². The summed E-state index contributed by atoms with van der Waals surface area (Å²) in [6, 6.07) is 6.74. The SMILES string of the molecule is CC1SCC(C(=O)O)N1C(=O)[C@@H]1Cc2ccccc2N1. The van der Waals surface area contributed by atoms with Crippen molar-refractivity contribution in [3.05, 3.63) is 29.8 Å². The Labute approximate surface area is 121 Å². The number of nitrogens with zero attached hydrogens (tertiary/aromatic N) is 1. The lowest BCUT2D eigenvalue weighted by Gasteiger charge is -2.28. The monoisotopic (exact) mass is 292 g/mol. The standard InChI is InChI=1S/C14H16N2O3S/c1-8-16(12(7-20-8)14(18)19)13(17)11-6-9-4-2-3-5-10(9)15-11/h2-5,8,11-12,15H,6-7H2,1H3,(H,18,19)/t8?,11-,12?/m0/s1. The molecule has 3 rings (SSSR count). The van der Waals surface area contributed by atoms with Crippen molar-refractivity contribution in [2.24, 2.45) is 0 Å². The van der Waals surface area contributed by atoms with E-state index in [2.05, 4.69) is 5.32 Å². The third kappa shape index (κ3) is 2.14. The molecule has 1 fully saturated rings. The van der Waals surface area contributed by atoms with Gasteiger partial charge in [-0.15, -0.1) is 11.8 Å². The lowest BCUT2D eigenvalue weighted by molar-refractivity contribution is -0.149. The summed E-state index contributed by atoms with van der Waals surface area (Å²) in [5.74, 6) is -0.584. The highest BCUT2D eigenvalue weighted by Gasteiger charge is 2.42. The molecule has 0 aromatic heterocycles. The van der Waals surface area contributed by atoms with Crippen molar-refractivity contribution in [3.8, 4) is 0 Å². The Hall–Kier alpha value is -1.69. The van der Waals surface area contributed by atoms with Crippen molar-refractivity contribution < 1.29 is 14.7 Å². The first-order valence-electron chi connectivity index (χ1n) is 6.59. The van der Waals surface area contributed by atoms with Crippen LogP contribution in [0.1, 0.15) is 12.5 Å². The molecule has 106 valence electrons. The summed E-state index contributed by atoms with van der Waals surface area (Å²) >= 11 is 1.51. The second-order valence-electron chi connectivity index (χ2n) is 5.09. The van der Waals surface area contributed by atoms with E-state index in [0.29, 0.717) is 12.2 Å². The number of hydrogen-bond acceptors (Lipinski definition) is 4. The van der Waals surface area contributed by atoms with Crippen LogP contribution in [0.4, 0.5) is 5.69 Å². The highest BCUT2D eigenvalue weighted by molar-refractivity contribution is 8.00. The quantitative estimate of drug-likeness (QED) is 0.862. The van der Waals surface area contributed by atoms with Crippen molar-refractivity contribution in [1.82, 2.24) is 4.90 Å². The molecule has 6 heteroatoms. The van der Waals surface area contributed by atoms with E-state index in [9.17, 15) is 14.7 Å². The fourth-order valence-electron chi connectivity index (χ4n) is 2.79. The molecule has 2 aliphatic heterocycles. The van der Waals surface area contributed by atoms with Gasteiger partial charge in [0.15, 0.2) is 0 Å². The van der Waals surface area contributed by atoms with Crippen molar-refractivity contribution in [1.29, 1.82) is 0 Å². The summed E-state index contributed by atoms with van der Waals surface area (Å²) in [5.41, 5.74) is 2.08. The number of fused-ring (bicyclic) bond motifs is 1. The van der Waals surface area contributed by atoms with Crippen molar-refractivity contribution in [2.75, 3.05) is 11.1 Å². The van der Waals surface area contributed by atoms with E-state index >= 15 is 0 Å². The van der Waals surface area contributed by atoms with E-state index in [1.165, 1.54) is 16.7 Å². The van der Waals surface area contributed by atoms with E-state index in [1.807, 2.05) is 31.2 Å². The molecular weight excluding hydrogens is 276 g/mol. The molecule has 5 nitrogen and oxygen atoms in total. The number of anilines is 1. The van der Waals surface area contributed by atoms with Gasteiger partial charge in [-0.25, -0.2) is 4.79 Å². The Balaban J connectivity index is 1.79. The zero-order chi connectivity index (χ0) is 14.3. The molecule has 1 amide bonds. The summed E-state index contributed by atoms with van der Waals surface area (Å²) in [5, 5.41) is 12.3. The van der Waals surface area contributed by atoms with Crippen LogP contribution in [0.15, 0.2) is 24.3 Å². The lowest BCUT2D eigenvalue weighted by atomic mass is 10.1. The Morgan fingerprint density at radius 3 is 2.85 bits per heavy atom. The van der Waals surface area contributed by atoms with Crippen molar-refractivity contribution in [2.45, 2.75) is 30.8 Å². The highest BCUT2D eigenvalue weighted by atomic mass is 32.2. The third-order valence-corrected chi connectivity index (χ3v) is 5.05. The summed E-state index contributed by atoms with van der Waals surface area (Å²) in [6.45, 7) is 1.88. The lowest BCUT2D eigenvalue weighted by Crippen LogP contribution is -2.50. The minimum absolute atomic E-state index is 0.0888. The molecule has 2 heterocycles. The van der Waals surface area contributed by atoms with E-state index in [-0.39, 0.29) is 17.3 Å². The molecule has 2 unspecified atom stereocenters. The third-order valence-electron chi connectivity index (χ3n) is 3.83. The van der Waals surface area contributed by atoms with Gasteiger partial charge in [0.1, 0.15) is 12.1 Å². The summed E-state index contributed by atoms with van der Waals surface area (Å²) in [7, 11) is 0. The van der Waals surface area contributed by atoms with Crippen LogP contribution in [0.5, 0.6) is 0 Å². The van der Waals surface area contributed by atoms with Gasteiger partial charge in [-0.1, -0.05) is 18.2 Å². The average Bonchev–Trinajstić information content (AvgIpc) is 3.01. The maximum absolute atomic E-state index is 12.6. The number of carboxylic acid groups (broad SMARTS) is 1. The van der Waals surface area contributed by atoms with Crippen LogP contribution in [-0.2, 0) is 16.0 Å². The van der Waals surface area contributed by atoms with Crippen LogP contribution in [0, 0.1) is 0 Å². The van der Waals surface area contributed by atoms with Gasteiger partial charge in [0.05, 0.1) is 5.37 Å². The van der Waals surface area contributed by atoms with Crippen molar-refractivity contribution >= 4 is 29.3 Å². The zero-order valence-corrected chi connectivity index (χ0v) is 11.9. The smallest absolute Gasteiger partial charge is 0.327 e. The largest absolute Gasteiger partial charge is 0.480 e. The van der Waals surface area contributed by atoms with E-state index in [0.717, 1.165) is 11.3 Å². The fourth-order valence-corrected chi connectivity index (χ4v) is 3.97. The molecule has 2 aliphatic rings. The second kappa shape index (κ2) is 5.01. The molecule has 0 aliphatic carbocycles. The number of carbonyl (C=O) groups excluding carboxylic acids is 1. The van der Waals surface area contributed by atoms with Crippen LogP contribution < -0.4 is 5.32 Å². The average molecular weight is 292 g/mol. The van der Waals surface area contributed by atoms with E-state index < -0.39 is 12.0 Å². The number of amides is 1. The first kappa shape index (κ1) is 13.3. The Bertz CT molecular complexity index is 538.